The second kappa shape index (κ2) is 6.48. The van der Waals surface area contributed by atoms with Crippen molar-refractivity contribution in [3.05, 3.63) is 29.5 Å². The average Bonchev–Trinajstić information content (AvgIpc) is 2.84. The standard InChI is InChI=1S/C15H17NO6/c1-4-22-14(18)11-7-10(17)5-9-6-12(15(19)21-3)16(8-20-2)13(9)11/h5-7,17H,4,8H2,1-3H3. The fourth-order valence-electron chi connectivity index (χ4n) is 2.30. The molecule has 0 fully saturated rings. The van der Waals surface area contributed by atoms with Crippen LogP contribution in [0.4, 0.5) is 0 Å². The highest BCUT2D eigenvalue weighted by molar-refractivity contribution is 6.06. The molecular formula is C15H17NO6. The number of carbonyl (C=O) groups is 2. The molecule has 1 aromatic heterocycles. The second-order valence-corrected chi connectivity index (χ2v) is 4.52. The number of hydrogen-bond donors (Lipinski definition) is 1. The van der Waals surface area contributed by atoms with Gasteiger partial charge in [0, 0.05) is 12.5 Å². The molecule has 0 saturated heterocycles. The number of phenols is 1. The van der Waals surface area contributed by atoms with Gasteiger partial charge in [-0.25, -0.2) is 9.59 Å². The van der Waals surface area contributed by atoms with E-state index >= 15 is 0 Å². The molecule has 0 aliphatic rings. The highest BCUT2D eigenvalue weighted by atomic mass is 16.5. The zero-order valence-corrected chi connectivity index (χ0v) is 12.6. The largest absolute Gasteiger partial charge is 0.508 e. The highest BCUT2D eigenvalue weighted by Crippen LogP contribution is 2.29. The second-order valence-electron chi connectivity index (χ2n) is 4.52. The number of esters is 2. The summed E-state index contributed by atoms with van der Waals surface area (Å²) in [4.78, 5) is 24.0. The Hall–Kier alpha value is -2.54. The third-order valence-electron chi connectivity index (χ3n) is 3.13. The van der Waals surface area contributed by atoms with Gasteiger partial charge in [0.25, 0.3) is 0 Å². The Balaban J connectivity index is 2.76. The van der Waals surface area contributed by atoms with Gasteiger partial charge >= 0.3 is 11.9 Å². The number of fused-ring (bicyclic) bond motifs is 1. The fourth-order valence-corrected chi connectivity index (χ4v) is 2.30. The van der Waals surface area contributed by atoms with E-state index < -0.39 is 11.9 Å². The number of rotatable bonds is 5. The quantitative estimate of drug-likeness (QED) is 0.849. The molecule has 1 heterocycles. The van der Waals surface area contributed by atoms with Crippen LogP contribution in [0.1, 0.15) is 27.8 Å². The lowest BCUT2D eigenvalue weighted by atomic mass is 10.1. The fraction of sp³-hybridized carbons (Fsp3) is 0.333. The maximum atomic E-state index is 12.1. The van der Waals surface area contributed by atoms with Crippen molar-refractivity contribution in [1.82, 2.24) is 4.57 Å². The number of phenolic OH excluding ortho intramolecular Hbond substituents is 1. The lowest BCUT2D eigenvalue weighted by Crippen LogP contribution is -2.14. The normalized spacial score (nSPS) is 10.7. The summed E-state index contributed by atoms with van der Waals surface area (Å²) in [5.74, 6) is -1.25. The Morgan fingerprint density at radius 2 is 1.91 bits per heavy atom. The summed E-state index contributed by atoms with van der Waals surface area (Å²) in [5.41, 5.74) is 0.818. The lowest BCUT2D eigenvalue weighted by molar-refractivity contribution is 0.0521. The van der Waals surface area contributed by atoms with E-state index in [1.54, 1.807) is 6.92 Å². The van der Waals surface area contributed by atoms with Gasteiger partial charge in [-0.15, -0.1) is 0 Å². The van der Waals surface area contributed by atoms with E-state index in [2.05, 4.69) is 0 Å². The minimum absolute atomic E-state index is 0.0467. The van der Waals surface area contributed by atoms with E-state index in [1.165, 1.54) is 37.0 Å². The van der Waals surface area contributed by atoms with Crippen LogP contribution >= 0.6 is 0 Å². The summed E-state index contributed by atoms with van der Waals surface area (Å²) >= 11 is 0. The molecule has 2 aromatic rings. The van der Waals surface area contributed by atoms with Crippen molar-refractivity contribution in [2.75, 3.05) is 20.8 Å². The molecule has 0 spiro atoms. The summed E-state index contributed by atoms with van der Waals surface area (Å²) in [5, 5.41) is 10.3. The van der Waals surface area contributed by atoms with Crippen molar-refractivity contribution in [2.45, 2.75) is 13.7 Å². The number of carbonyl (C=O) groups excluding carboxylic acids is 2. The van der Waals surface area contributed by atoms with Crippen LogP contribution in [0.5, 0.6) is 5.75 Å². The summed E-state index contributed by atoms with van der Waals surface area (Å²) in [6.07, 6.45) is 0. The Kier molecular flexibility index (Phi) is 4.67. The first kappa shape index (κ1) is 15.8. The van der Waals surface area contributed by atoms with Crippen molar-refractivity contribution >= 4 is 22.8 Å². The van der Waals surface area contributed by atoms with E-state index in [0.717, 1.165) is 0 Å². The Morgan fingerprint density at radius 1 is 1.18 bits per heavy atom. The maximum absolute atomic E-state index is 12.1. The minimum atomic E-state index is -0.588. The van der Waals surface area contributed by atoms with Crippen molar-refractivity contribution < 1.29 is 28.9 Å². The zero-order chi connectivity index (χ0) is 16.3. The van der Waals surface area contributed by atoms with Crippen LogP contribution in [0, 0.1) is 0 Å². The van der Waals surface area contributed by atoms with Crippen LogP contribution in [-0.4, -0.2) is 42.4 Å². The van der Waals surface area contributed by atoms with Gasteiger partial charge in [-0.05, 0) is 25.1 Å². The molecule has 1 aromatic carbocycles. The first-order chi connectivity index (χ1) is 10.5. The smallest absolute Gasteiger partial charge is 0.354 e. The van der Waals surface area contributed by atoms with Crippen molar-refractivity contribution in [3.63, 3.8) is 0 Å². The Labute approximate surface area is 127 Å². The maximum Gasteiger partial charge on any atom is 0.354 e. The molecule has 0 radical (unpaired) electrons. The number of nitrogens with zero attached hydrogens (tertiary/aromatic N) is 1. The molecule has 0 saturated carbocycles. The number of ether oxygens (including phenoxy) is 3. The molecule has 7 nitrogen and oxygen atoms in total. The molecule has 1 N–H and O–H groups in total. The Bertz CT molecular complexity index is 718. The molecule has 0 aliphatic carbocycles. The molecule has 7 heteroatoms. The lowest BCUT2D eigenvalue weighted by Gasteiger charge is -2.11. The van der Waals surface area contributed by atoms with E-state index in [9.17, 15) is 14.7 Å². The predicted molar refractivity (Wildman–Crippen MR) is 77.9 cm³/mol. The van der Waals surface area contributed by atoms with Gasteiger partial charge in [0.2, 0.25) is 0 Å². The van der Waals surface area contributed by atoms with Gasteiger partial charge in [0.15, 0.2) is 0 Å². The Morgan fingerprint density at radius 3 is 2.50 bits per heavy atom. The predicted octanol–water partition coefficient (Wildman–Crippen LogP) is 1.91. The molecule has 0 bridgehead atoms. The van der Waals surface area contributed by atoms with Gasteiger partial charge in [-0.3, -0.25) is 0 Å². The SMILES string of the molecule is CCOC(=O)c1cc(O)cc2cc(C(=O)OC)n(COC)c12. The van der Waals surface area contributed by atoms with Gasteiger partial charge in [0.05, 0.1) is 24.8 Å². The van der Waals surface area contributed by atoms with Crippen LogP contribution in [-0.2, 0) is 20.9 Å². The van der Waals surface area contributed by atoms with E-state index in [0.29, 0.717) is 10.9 Å². The molecular weight excluding hydrogens is 290 g/mol. The van der Waals surface area contributed by atoms with E-state index in [1.807, 2.05) is 0 Å². The van der Waals surface area contributed by atoms with Gasteiger partial charge in [-0.1, -0.05) is 0 Å². The van der Waals surface area contributed by atoms with Gasteiger partial charge in [0.1, 0.15) is 18.2 Å². The highest BCUT2D eigenvalue weighted by Gasteiger charge is 2.22. The van der Waals surface area contributed by atoms with Gasteiger partial charge < -0.3 is 23.9 Å². The number of aromatic hydroxyl groups is 1. The van der Waals surface area contributed by atoms with Crippen molar-refractivity contribution in [3.8, 4) is 5.75 Å². The number of hydrogen-bond acceptors (Lipinski definition) is 6. The molecule has 118 valence electrons. The molecule has 0 atom stereocenters. The van der Waals surface area contributed by atoms with E-state index in [-0.39, 0.29) is 30.3 Å². The van der Waals surface area contributed by atoms with Gasteiger partial charge in [-0.2, -0.15) is 0 Å². The first-order valence-corrected chi connectivity index (χ1v) is 6.64. The number of benzene rings is 1. The molecule has 2 rings (SSSR count). The summed E-state index contributed by atoms with van der Waals surface area (Å²) in [6, 6.07) is 4.28. The van der Waals surface area contributed by atoms with Crippen LogP contribution in [0.15, 0.2) is 18.2 Å². The number of aromatic nitrogens is 1. The first-order valence-electron chi connectivity index (χ1n) is 6.64. The molecule has 0 aliphatic heterocycles. The zero-order valence-electron chi connectivity index (χ0n) is 12.6. The number of methoxy groups -OCH3 is 2. The molecule has 22 heavy (non-hydrogen) atoms. The monoisotopic (exact) mass is 307 g/mol. The summed E-state index contributed by atoms with van der Waals surface area (Å²) in [7, 11) is 2.73. The molecule has 0 unspecified atom stereocenters. The topological polar surface area (TPSA) is 87.0 Å². The average molecular weight is 307 g/mol. The van der Waals surface area contributed by atoms with Crippen LogP contribution in [0.25, 0.3) is 10.9 Å². The van der Waals surface area contributed by atoms with Crippen LogP contribution < -0.4 is 0 Å². The van der Waals surface area contributed by atoms with Crippen LogP contribution in [0.3, 0.4) is 0 Å². The molecule has 0 amide bonds. The van der Waals surface area contributed by atoms with E-state index in [4.69, 9.17) is 14.2 Å². The van der Waals surface area contributed by atoms with Crippen molar-refractivity contribution in [2.24, 2.45) is 0 Å². The third-order valence-corrected chi connectivity index (χ3v) is 3.13. The van der Waals surface area contributed by atoms with Crippen molar-refractivity contribution in [1.29, 1.82) is 0 Å². The van der Waals surface area contributed by atoms with Crippen LogP contribution in [0.2, 0.25) is 0 Å². The summed E-state index contributed by atoms with van der Waals surface area (Å²) in [6.45, 7) is 1.93. The third kappa shape index (κ3) is 2.75. The summed E-state index contributed by atoms with van der Waals surface area (Å²) < 4.78 is 16.3. The minimum Gasteiger partial charge on any atom is -0.508 e.